The Bertz CT molecular complexity index is 1220. The van der Waals surface area contributed by atoms with Gasteiger partial charge in [-0.05, 0) is 61.2 Å². The van der Waals surface area contributed by atoms with Crippen LogP contribution < -0.4 is 4.90 Å². The number of piperazine rings is 1. The molecule has 2 amide bonds. The van der Waals surface area contributed by atoms with Gasteiger partial charge in [-0.3, -0.25) is 9.59 Å². The van der Waals surface area contributed by atoms with E-state index in [0.29, 0.717) is 54.3 Å². The Labute approximate surface area is 220 Å². The van der Waals surface area contributed by atoms with Gasteiger partial charge in [-0.25, -0.2) is 0 Å². The third kappa shape index (κ3) is 5.79. The monoisotopic (exact) mass is 523 g/mol. The summed E-state index contributed by atoms with van der Waals surface area (Å²) >= 11 is 12.2. The lowest BCUT2D eigenvalue weighted by Crippen LogP contribution is -2.52. The van der Waals surface area contributed by atoms with E-state index in [0.717, 1.165) is 29.9 Å². The SMILES string of the molecule is O=C(CN(CC1CC1)C(=O)c1ccc(Cl)cc1)N1CCN(c2ccc(-c3ccccc3Cl)nn2)CC1. The molecule has 5 rings (SSSR count). The van der Waals surface area contributed by atoms with E-state index in [9.17, 15) is 9.59 Å². The summed E-state index contributed by atoms with van der Waals surface area (Å²) in [5.74, 6) is 1.10. The summed E-state index contributed by atoms with van der Waals surface area (Å²) in [7, 11) is 0. The average Bonchev–Trinajstić information content (AvgIpc) is 3.73. The van der Waals surface area contributed by atoms with Gasteiger partial charge in [0.25, 0.3) is 5.91 Å². The van der Waals surface area contributed by atoms with Crippen LogP contribution in [0.15, 0.2) is 60.7 Å². The molecule has 7 nitrogen and oxygen atoms in total. The van der Waals surface area contributed by atoms with E-state index in [1.54, 1.807) is 29.2 Å². The quantitative estimate of drug-likeness (QED) is 0.450. The molecule has 1 aliphatic carbocycles. The summed E-state index contributed by atoms with van der Waals surface area (Å²) in [4.78, 5) is 31.9. The maximum atomic E-state index is 13.1. The van der Waals surface area contributed by atoms with Crippen LogP contribution in [0.2, 0.25) is 10.0 Å². The first kappa shape index (κ1) is 24.5. The number of aromatic nitrogens is 2. The summed E-state index contributed by atoms with van der Waals surface area (Å²) in [6, 6.07) is 18.2. The van der Waals surface area contributed by atoms with Crippen LogP contribution >= 0.6 is 23.2 Å². The van der Waals surface area contributed by atoms with E-state index >= 15 is 0 Å². The van der Waals surface area contributed by atoms with Crippen molar-refractivity contribution in [2.75, 3.05) is 44.2 Å². The number of rotatable bonds is 7. The standard InChI is InChI=1S/C27H27Cl2N5O2/c28-21-9-7-20(8-10-21)27(36)34(17-19-5-6-19)18-26(35)33-15-13-32(14-16-33)25-12-11-24(30-31-25)22-3-1-2-4-23(22)29/h1-4,7-12,19H,5-6,13-18H2. The van der Waals surface area contributed by atoms with Crippen LogP contribution in [-0.4, -0.2) is 71.1 Å². The first-order valence-electron chi connectivity index (χ1n) is 12.1. The van der Waals surface area contributed by atoms with E-state index in [1.807, 2.05) is 41.3 Å². The number of amides is 2. The van der Waals surface area contributed by atoms with Crippen LogP contribution in [0.3, 0.4) is 0 Å². The van der Waals surface area contributed by atoms with Crippen molar-refractivity contribution in [1.82, 2.24) is 20.0 Å². The zero-order valence-corrected chi connectivity index (χ0v) is 21.3. The van der Waals surface area contributed by atoms with Gasteiger partial charge in [0.1, 0.15) is 6.54 Å². The summed E-state index contributed by atoms with van der Waals surface area (Å²) in [5, 5.41) is 9.97. The Morgan fingerprint density at radius 1 is 0.889 bits per heavy atom. The van der Waals surface area contributed by atoms with Crippen LogP contribution in [0.4, 0.5) is 5.82 Å². The molecule has 2 heterocycles. The van der Waals surface area contributed by atoms with Gasteiger partial charge in [-0.15, -0.1) is 10.2 Å². The number of benzene rings is 2. The Hall–Kier alpha value is -3.16. The number of nitrogens with zero attached hydrogens (tertiary/aromatic N) is 5. The Kier molecular flexibility index (Phi) is 7.39. The van der Waals surface area contributed by atoms with Gasteiger partial charge in [0.2, 0.25) is 5.91 Å². The molecule has 1 aliphatic heterocycles. The van der Waals surface area contributed by atoms with Crippen molar-refractivity contribution < 1.29 is 9.59 Å². The number of halogens is 2. The number of hydrogen-bond donors (Lipinski definition) is 0. The fraction of sp³-hybridized carbons (Fsp3) is 0.333. The van der Waals surface area contributed by atoms with Gasteiger partial charge in [-0.1, -0.05) is 41.4 Å². The van der Waals surface area contributed by atoms with E-state index in [2.05, 4.69) is 15.1 Å². The molecule has 36 heavy (non-hydrogen) atoms. The highest BCUT2D eigenvalue weighted by Crippen LogP contribution is 2.30. The molecule has 186 valence electrons. The van der Waals surface area contributed by atoms with Crippen LogP contribution in [-0.2, 0) is 4.79 Å². The summed E-state index contributed by atoms with van der Waals surface area (Å²) in [5.41, 5.74) is 2.12. The summed E-state index contributed by atoms with van der Waals surface area (Å²) in [6.45, 7) is 3.14. The first-order valence-corrected chi connectivity index (χ1v) is 12.9. The Balaban J connectivity index is 1.18. The lowest BCUT2D eigenvalue weighted by atomic mass is 10.1. The van der Waals surface area contributed by atoms with Gasteiger partial charge in [0.05, 0.1) is 10.7 Å². The molecule has 9 heteroatoms. The van der Waals surface area contributed by atoms with Crippen LogP contribution in [0.5, 0.6) is 0 Å². The highest BCUT2D eigenvalue weighted by molar-refractivity contribution is 6.33. The second kappa shape index (κ2) is 10.8. The average molecular weight is 524 g/mol. The molecule has 0 radical (unpaired) electrons. The smallest absolute Gasteiger partial charge is 0.254 e. The lowest BCUT2D eigenvalue weighted by Gasteiger charge is -2.36. The molecule has 3 aromatic rings. The number of anilines is 1. The van der Waals surface area contributed by atoms with Crippen molar-refractivity contribution in [1.29, 1.82) is 0 Å². The van der Waals surface area contributed by atoms with E-state index < -0.39 is 0 Å². The van der Waals surface area contributed by atoms with E-state index in [-0.39, 0.29) is 18.4 Å². The van der Waals surface area contributed by atoms with Gasteiger partial charge < -0.3 is 14.7 Å². The maximum Gasteiger partial charge on any atom is 0.254 e. The van der Waals surface area contributed by atoms with Gasteiger partial charge >= 0.3 is 0 Å². The third-order valence-electron chi connectivity index (χ3n) is 6.64. The number of carbonyl (C=O) groups excluding carboxylic acids is 2. The minimum Gasteiger partial charge on any atom is -0.352 e. The predicted molar refractivity (Wildman–Crippen MR) is 141 cm³/mol. The molecule has 1 saturated carbocycles. The Morgan fingerprint density at radius 3 is 2.25 bits per heavy atom. The second-order valence-electron chi connectivity index (χ2n) is 9.26. The van der Waals surface area contributed by atoms with Crippen molar-refractivity contribution in [2.45, 2.75) is 12.8 Å². The fourth-order valence-corrected chi connectivity index (χ4v) is 4.72. The topological polar surface area (TPSA) is 69.6 Å². The second-order valence-corrected chi connectivity index (χ2v) is 10.1. The lowest BCUT2D eigenvalue weighted by molar-refractivity contribution is -0.132. The molecule has 0 unspecified atom stereocenters. The molecule has 2 aromatic carbocycles. The zero-order valence-electron chi connectivity index (χ0n) is 19.8. The molecule has 0 spiro atoms. The molecule has 0 atom stereocenters. The molecule has 0 bridgehead atoms. The van der Waals surface area contributed by atoms with E-state index in [1.165, 1.54) is 0 Å². The predicted octanol–water partition coefficient (Wildman–Crippen LogP) is 4.65. The largest absolute Gasteiger partial charge is 0.352 e. The van der Waals surface area contributed by atoms with Crippen molar-refractivity contribution in [3.63, 3.8) is 0 Å². The molecular formula is C27H27Cl2N5O2. The highest BCUT2D eigenvalue weighted by atomic mass is 35.5. The van der Waals surface area contributed by atoms with Gasteiger partial charge in [0.15, 0.2) is 5.82 Å². The van der Waals surface area contributed by atoms with Crippen LogP contribution in [0.1, 0.15) is 23.2 Å². The number of hydrogen-bond acceptors (Lipinski definition) is 5. The van der Waals surface area contributed by atoms with Crippen LogP contribution in [0.25, 0.3) is 11.3 Å². The Morgan fingerprint density at radius 2 is 1.61 bits per heavy atom. The normalized spacial score (nSPS) is 15.6. The van der Waals surface area contributed by atoms with Crippen LogP contribution in [0, 0.1) is 5.92 Å². The van der Waals surface area contributed by atoms with Crippen molar-refractivity contribution in [3.05, 3.63) is 76.3 Å². The summed E-state index contributed by atoms with van der Waals surface area (Å²) < 4.78 is 0. The maximum absolute atomic E-state index is 13.1. The van der Waals surface area contributed by atoms with Crippen molar-refractivity contribution in [3.8, 4) is 11.3 Å². The molecule has 2 fully saturated rings. The fourth-order valence-electron chi connectivity index (χ4n) is 4.36. The molecule has 2 aliphatic rings. The van der Waals surface area contributed by atoms with Crippen molar-refractivity contribution in [2.24, 2.45) is 5.92 Å². The molecule has 0 N–H and O–H groups in total. The van der Waals surface area contributed by atoms with Gasteiger partial charge in [-0.2, -0.15) is 0 Å². The van der Waals surface area contributed by atoms with Crippen molar-refractivity contribution >= 4 is 40.8 Å². The van der Waals surface area contributed by atoms with Gasteiger partial charge in [0, 0.05) is 48.9 Å². The highest BCUT2D eigenvalue weighted by Gasteiger charge is 2.30. The molecular weight excluding hydrogens is 497 g/mol. The zero-order chi connectivity index (χ0) is 25.1. The third-order valence-corrected chi connectivity index (χ3v) is 7.22. The van der Waals surface area contributed by atoms with E-state index in [4.69, 9.17) is 23.2 Å². The molecule has 1 aromatic heterocycles. The summed E-state index contributed by atoms with van der Waals surface area (Å²) in [6.07, 6.45) is 2.21. The molecule has 1 saturated heterocycles. The minimum atomic E-state index is -0.126. The minimum absolute atomic E-state index is 0.0298. The number of carbonyl (C=O) groups is 2. The first-order chi connectivity index (χ1) is 17.5.